The van der Waals surface area contributed by atoms with Crippen molar-refractivity contribution in [1.82, 2.24) is 15.1 Å². The number of halogens is 7. The SMILES string of the molecule is Cc1cc(NC(=O)c2c(Br)c(C(F)(F)C(=O)NC(C)C(F)(F)F)nn2C)ccc1F. The van der Waals surface area contributed by atoms with Gasteiger partial charge in [0.1, 0.15) is 17.6 Å². The van der Waals surface area contributed by atoms with E-state index in [-0.39, 0.29) is 11.3 Å². The smallest absolute Gasteiger partial charge is 0.339 e. The number of amides is 2. The van der Waals surface area contributed by atoms with E-state index in [9.17, 15) is 35.9 Å². The first-order chi connectivity index (χ1) is 13.7. The number of benzene rings is 1. The van der Waals surface area contributed by atoms with E-state index >= 15 is 0 Å². The lowest BCUT2D eigenvalue weighted by Gasteiger charge is -2.20. The van der Waals surface area contributed by atoms with Crippen LogP contribution in [0.25, 0.3) is 0 Å². The average molecular weight is 501 g/mol. The molecule has 6 nitrogen and oxygen atoms in total. The molecule has 0 aliphatic carbocycles. The summed E-state index contributed by atoms with van der Waals surface area (Å²) in [6.45, 7) is 1.95. The van der Waals surface area contributed by atoms with Crippen LogP contribution in [-0.2, 0) is 17.8 Å². The topological polar surface area (TPSA) is 76.0 Å². The summed E-state index contributed by atoms with van der Waals surface area (Å²) in [4.78, 5) is 24.2. The molecule has 0 radical (unpaired) electrons. The van der Waals surface area contributed by atoms with Crippen LogP contribution in [0.2, 0.25) is 0 Å². The molecule has 1 heterocycles. The number of carbonyl (C=O) groups excluding carboxylic acids is 2. The molecule has 0 saturated heterocycles. The molecule has 164 valence electrons. The van der Waals surface area contributed by atoms with Crippen molar-refractivity contribution >= 4 is 33.4 Å². The van der Waals surface area contributed by atoms with Crippen LogP contribution in [-0.4, -0.2) is 33.8 Å². The van der Waals surface area contributed by atoms with Crippen molar-refractivity contribution in [1.29, 1.82) is 0 Å². The molecular formula is C17H15BrF6N4O2. The minimum Gasteiger partial charge on any atom is -0.339 e. The first-order valence-corrected chi connectivity index (χ1v) is 9.01. The standard InChI is InChI=1S/C17H15BrF6N4O2/c1-7-6-9(4-5-10(7)19)26-14(29)12-11(18)13(27-28(12)3)16(20,21)15(30)25-8(2)17(22,23)24/h4-6,8H,1-3H3,(H,25,30)(H,26,29). The minimum atomic E-state index is -4.93. The molecule has 30 heavy (non-hydrogen) atoms. The molecule has 0 spiro atoms. The Morgan fingerprint density at radius 2 is 1.80 bits per heavy atom. The fraction of sp³-hybridized carbons (Fsp3) is 0.353. The minimum absolute atomic E-state index is 0.164. The second-order valence-corrected chi connectivity index (χ2v) is 7.16. The number of alkyl halides is 5. The number of carbonyl (C=O) groups is 2. The lowest BCUT2D eigenvalue weighted by atomic mass is 10.2. The zero-order valence-electron chi connectivity index (χ0n) is 15.7. The lowest BCUT2D eigenvalue weighted by molar-refractivity contribution is -0.169. The van der Waals surface area contributed by atoms with Crippen molar-refractivity contribution in [2.24, 2.45) is 7.05 Å². The number of hydrogen-bond donors (Lipinski definition) is 2. The molecule has 0 aliphatic rings. The highest BCUT2D eigenvalue weighted by atomic mass is 79.9. The number of nitrogens with zero attached hydrogens (tertiary/aromatic N) is 2. The van der Waals surface area contributed by atoms with Gasteiger partial charge in [-0.1, -0.05) is 0 Å². The number of aryl methyl sites for hydroxylation is 2. The van der Waals surface area contributed by atoms with Gasteiger partial charge in [-0.3, -0.25) is 14.3 Å². The van der Waals surface area contributed by atoms with E-state index < -0.39 is 51.6 Å². The third-order valence-electron chi connectivity index (χ3n) is 4.04. The van der Waals surface area contributed by atoms with Crippen LogP contribution in [0.5, 0.6) is 0 Å². The summed E-state index contributed by atoms with van der Waals surface area (Å²) in [7, 11) is 1.13. The molecule has 1 atom stereocenters. The van der Waals surface area contributed by atoms with E-state index in [1.54, 1.807) is 0 Å². The lowest BCUT2D eigenvalue weighted by Crippen LogP contribution is -2.48. The van der Waals surface area contributed by atoms with Crippen molar-refractivity contribution in [3.8, 4) is 0 Å². The maximum Gasteiger partial charge on any atom is 0.408 e. The Hall–Kier alpha value is -2.57. The second kappa shape index (κ2) is 8.28. The fourth-order valence-corrected chi connectivity index (χ4v) is 3.10. The highest BCUT2D eigenvalue weighted by Gasteiger charge is 2.49. The van der Waals surface area contributed by atoms with Gasteiger partial charge in [0.25, 0.3) is 11.8 Å². The fourth-order valence-electron chi connectivity index (χ4n) is 2.33. The summed E-state index contributed by atoms with van der Waals surface area (Å²) in [5, 5.41) is 6.96. The Bertz CT molecular complexity index is 989. The largest absolute Gasteiger partial charge is 0.408 e. The summed E-state index contributed by atoms with van der Waals surface area (Å²) < 4.78 is 80.1. The molecule has 0 bridgehead atoms. The third kappa shape index (κ3) is 4.77. The molecule has 13 heteroatoms. The molecular weight excluding hydrogens is 486 g/mol. The molecule has 1 aromatic heterocycles. The van der Waals surface area contributed by atoms with Crippen LogP contribution in [0.4, 0.5) is 32.0 Å². The van der Waals surface area contributed by atoms with E-state index in [1.807, 2.05) is 0 Å². The number of anilines is 1. The number of aromatic nitrogens is 2. The first-order valence-electron chi connectivity index (χ1n) is 8.22. The van der Waals surface area contributed by atoms with Crippen molar-refractivity contribution in [3.05, 3.63) is 45.4 Å². The summed E-state index contributed by atoms with van der Waals surface area (Å²) in [5.41, 5.74) is -1.28. The van der Waals surface area contributed by atoms with Gasteiger partial charge in [-0.15, -0.1) is 0 Å². The Labute approximate surface area is 174 Å². The zero-order chi connectivity index (χ0) is 23.0. The van der Waals surface area contributed by atoms with E-state index in [0.29, 0.717) is 6.92 Å². The number of rotatable bonds is 5. The van der Waals surface area contributed by atoms with Gasteiger partial charge in [0, 0.05) is 12.7 Å². The molecule has 0 aliphatic heterocycles. The van der Waals surface area contributed by atoms with Gasteiger partial charge in [-0.25, -0.2) is 4.39 Å². The Morgan fingerprint density at radius 3 is 2.33 bits per heavy atom. The van der Waals surface area contributed by atoms with Crippen LogP contribution < -0.4 is 10.6 Å². The predicted molar refractivity (Wildman–Crippen MR) is 97.6 cm³/mol. The molecule has 1 unspecified atom stereocenters. The van der Waals surface area contributed by atoms with E-state index in [4.69, 9.17) is 0 Å². The maximum absolute atomic E-state index is 14.5. The number of nitrogens with one attached hydrogen (secondary N) is 2. The van der Waals surface area contributed by atoms with Crippen LogP contribution in [0, 0.1) is 12.7 Å². The third-order valence-corrected chi connectivity index (χ3v) is 4.79. The second-order valence-electron chi connectivity index (χ2n) is 6.36. The zero-order valence-corrected chi connectivity index (χ0v) is 17.3. The Morgan fingerprint density at radius 1 is 1.20 bits per heavy atom. The van der Waals surface area contributed by atoms with E-state index in [1.165, 1.54) is 24.4 Å². The Kier molecular flexibility index (Phi) is 6.54. The number of hydrogen-bond acceptors (Lipinski definition) is 3. The summed E-state index contributed by atoms with van der Waals surface area (Å²) >= 11 is 2.77. The molecule has 2 rings (SSSR count). The van der Waals surface area contributed by atoms with Gasteiger partial charge >= 0.3 is 12.1 Å². The van der Waals surface area contributed by atoms with Crippen molar-refractivity contribution in [3.63, 3.8) is 0 Å². The average Bonchev–Trinajstić information content (AvgIpc) is 2.92. The molecule has 0 fully saturated rings. The summed E-state index contributed by atoms with van der Waals surface area (Å²) in [5.74, 6) is -8.14. The quantitative estimate of drug-likeness (QED) is 0.608. The highest BCUT2D eigenvalue weighted by Crippen LogP contribution is 2.36. The predicted octanol–water partition coefficient (Wildman–Crippen LogP) is 4.04. The van der Waals surface area contributed by atoms with Gasteiger partial charge in [-0.05, 0) is 53.5 Å². The molecule has 2 amide bonds. The van der Waals surface area contributed by atoms with Gasteiger partial charge < -0.3 is 10.6 Å². The summed E-state index contributed by atoms with van der Waals surface area (Å²) in [6.07, 6.45) is -4.93. The van der Waals surface area contributed by atoms with Crippen molar-refractivity contribution < 1.29 is 35.9 Å². The van der Waals surface area contributed by atoms with Crippen LogP contribution in [0.15, 0.2) is 22.7 Å². The van der Waals surface area contributed by atoms with Crippen molar-refractivity contribution in [2.45, 2.75) is 32.0 Å². The molecule has 0 saturated carbocycles. The van der Waals surface area contributed by atoms with Gasteiger partial charge in [0.15, 0.2) is 5.69 Å². The molecule has 2 aromatic rings. The van der Waals surface area contributed by atoms with E-state index in [0.717, 1.165) is 17.8 Å². The highest BCUT2D eigenvalue weighted by molar-refractivity contribution is 9.10. The monoisotopic (exact) mass is 500 g/mol. The maximum atomic E-state index is 14.5. The summed E-state index contributed by atoms with van der Waals surface area (Å²) in [6, 6.07) is 1.11. The van der Waals surface area contributed by atoms with Crippen LogP contribution in [0.1, 0.15) is 28.7 Å². The van der Waals surface area contributed by atoms with Gasteiger partial charge in [-0.2, -0.15) is 27.1 Å². The van der Waals surface area contributed by atoms with Crippen molar-refractivity contribution in [2.75, 3.05) is 5.32 Å². The van der Waals surface area contributed by atoms with E-state index in [2.05, 4.69) is 26.3 Å². The van der Waals surface area contributed by atoms with Gasteiger partial charge in [0.05, 0.1) is 4.47 Å². The van der Waals surface area contributed by atoms with Crippen LogP contribution >= 0.6 is 15.9 Å². The molecule has 2 N–H and O–H groups in total. The van der Waals surface area contributed by atoms with Gasteiger partial charge in [0.2, 0.25) is 0 Å². The Balaban J connectivity index is 2.32. The first kappa shape index (κ1) is 23.7. The normalized spacial score (nSPS) is 13.1. The molecule has 1 aromatic carbocycles. The van der Waals surface area contributed by atoms with Crippen LogP contribution in [0.3, 0.4) is 0 Å².